The summed E-state index contributed by atoms with van der Waals surface area (Å²) in [7, 11) is 0. The van der Waals surface area contributed by atoms with Crippen LogP contribution in [0.5, 0.6) is 11.5 Å². The molecule has 0 aliphatic heterocycles. The number of hydrazone groups is 1. The molecule has 5 heteroatoms. The zero-order valence-electron chi connectivity index (χ0n) is 11.6. The van der Waals surface area contributed by atoms with Crippen LogP contribution >= 0.6 is 0 Å². The quantitative estimate of drug-likeness (QED) is 0.595. The number of nitrogens with one attached hydrogen (secondary N) is 1. The number of nitrogens with zero attached hydrogens (tertiary/aromatic N) is 1. The van der Waals surface area contributed by atoms with Gasteiger partial charge in [0.15, 0.2) is 0 Å². The van der Waals surface area contributed by atoms with E-state index >= 15 is 0 Å². The summed E-state index contributed by atoms with van der Waals surface area (Å²) in [5.41, 5.74) is 4.04. The van der Waals surface area contributed by atoms with Crippen molar-refractivity contribution in [3.63, 3.8) is 0 Å². The van der Waals surface area contributed by atoms with E-state index in [0.717, 1.165) is 5.56 Å². The number of aromatic hydroxyl groups is 2. The number of rotatable bonds is 4. The fourth-order valence-electron chi connectivity index (χ4n) is 1.79. The molecule has 1 amide bonds. The standard InChI is InChI=1S/C16H16N2O3/c1-2-15(21)17-18-16(11-6-4-3-5-7-11)13-9-8-12(19)10-14(13)20/h3-10,19-20H,2H2,1H3,(H,17,21). The van der Waals surface area contributed by atoms with E-state index in [2.05, 4.69) is 10.5 Å². The van der Waals surface area contributed by atoms with Crippen molar-refractivity contribution in [2.45, 2.75) is 13.3 Å². The maximum atomic E-state index is 11.4. The summed E-state index contributed by atoms with van der Waals surface area (Å²) >= 11 is 0. The molecule has 0 aliphatic carbocycles. The minimum atomic E-state index is -0.221. The highest BCUT2D eigenvalue weighted by Crippen LogP contribution is 2.25. The fraction of sp³-hybridized carbons (Fsp3) is 0.125. The van der Waals surface area contributed by atoms with Gasteiger partial charge in [0.05, 0.1) is 0 Å². The molecule has 5 nitrogen and oxygen atoms in total. The number of hydrogen-bond acceptors (Lipinski definition) is 4. The first-order chi connectivity index (χ1) is 10.1. The lowest BCUT2D eigenvalue weighted by Crippen LogP contribution is -2.19. The lowest BCUT2D eigenvalue weighted by molar-refractivity contribution is -0.120. The topological polar surface area (TPSA) is 81.9 Å². The Morgan fingerprint density at radius 1 is 1.14 bits per heavy atom. The van der Waals surface area contributed by atoms with Crippen LogP contribution in [-0.4, -0.2) is 21.8 Å². The second-order valence-corrected chi connectivity index (χ2v) is 4.42. The van der Waals surface area contributed by atoms with Crippen LogP contribution in [0.2, 0.25) is 0 Å². The molecule has 0 aliphatic rings. The molecule has 0 saturated heterocycles. The Morgan fingerprint density at radius 3 is 2.48 bits per heavy atom. The van der Waals surface area contributed by atoms with E-state index in [1.807, 2.05) is 30.3 Å². The first-order valence-electron chi connectivity index (χ1n) is 6.56. The first-order valence-corrected chi connectivity index (χ1v) is 6.56. The van der Waals surface area contributed by atoms with E-state index in [4.69, 9.17) is 0 Å². The lowest BCUT2D eigenvalue weighted by atomic mass is 10.0. The summed E-state index contributed by atoms with van der Waals surface area (Å²) in [6, 6.07) is 13.4. The first kappa shape index (κ1) is 14.6. The molecule has 0 aromatic heterocycles. The van der Waals surface area contributed by atoms with Crippen LogP contribution in [0.3, 0.4) is 0 Å². The number of hydrogen-bond donors (Lipinski definition) is 3. The van der Waals surface area contributed by atoms with Gasteiger partial charge in [-0.05, 0) is 12.1 Å². The van der Waals surface area contributed by atoms with Gasteiger partial charge in [0.1, 0.15) is 17.2 Å². The highest BCUT2D eigenvalue weighted by Gasteiger charge is 2.12. The average molecular weight is 284 g/mol. The van der Waals surface area contributed by atoms with E-state index < -0.39 is 0 Å². The fourth-order valence-corrected chi connectivity index (χ4v) is 1.79. The predicted molar refractivity (Wildman–Crippen MR) is 80.3 cm³/mol. The molecule has 0 spiro atoms. The van der Waals surface area contributed by atoms with Gasteiger partial charge in [-0.1, -0.05) is 37.3 Å². The summed E-state index contributed by atoms with van der Waals surface area (Å²) in [6.45, 7) is 1.73. The lowest BCUT2D eigenvalue weighted by Gasteiger charge is -2.10. The third-order valence-electron chi connectivity index (χ3n) is 2.90. The zero-order chi connectivity index (χ0) is 15.2. The average Bonchev–Trinajstić information content (AvgIpc) is 2.50. The minimum Gasteiger partial charge on any atom is -0.508 e. The third kappa shape index (κ3) is 3.60. The summed E-state index contributed by atoms with van der Waals surface area (Å²) in [6.07, 6.45) is 0.313. The van der Waals surface area contributed by atoms with Crippen molar-refractivity contribution in [1.29, 1.82) is 0 Å². The van der Waals surface area contributed by atoms with Crippen molar-refractivity contribution in [2.75, 3.05) is 0 Å². The molecule has 0 fully saturated rings. The monoisotopic (exact) mass is 284 g/mol. The summed E-state index contributed by atoms with van der Waals surface area (Å²) < 4.78 is 0. The van der Waals surface area contributed by atoms with Crippen LogP contribution in [0.25, 0.3) is 0 Å². The molecule has 0 unspecified atom stereocenters. The third-order valence-corrected chi connectivity index (χ3v) is 2.90. The highest BCUT2D eigenvalue weighted by molar-refractivity contribution is 6.14. The molecule has 3 N–H and O–H groups in total. The number of phenolic OH excluding ortho intramolecular Hbond substituents is 2. The van der Waals surface area contributed by atoms with Gasteiger partial charge >= 0.3 is 0 Å². The molecule has 0 atom stereocenters. The highest BCUT2D eigenvalue weighted by atomic mass is 16.3. The van der Waals surface area contributed by atoms with E-state index in [1.165, 1.54) is 12.1 Å². The van der Waals surface area contributed by atoms with Gasteiger partial charge in [0, 0.05) is 23.6 Å². The molecular formula is C16H16N2O3. The molecule has 108 valence electrons. The van der Waals surface area contributed by atoms with Crippen molar-refractivity contribution >= 4 is 11.6 Å². The largest absolute Gasteiger partial charge is 0.508 e. The maximum Gasteiger partial charge on any atom is 0.239 e. The van der Waals surface area contributed by atoms with Gasteiger partial charge in [-0.3, -0.25) is 4.79 Å². The Labute approximate surface area is 122 Å². The Hall–Kier alpha value is -2.82. The number of carbonyl (C=O) groups is 1. The molecule has 0 bridgehead atoms. The Morgan fingerprint density at radius 2 is 1.86 bits per heavy atom. The smallest absolute Gasteiger partial charge is 0.239 e. The molecule has 0 saturated carbocycles. The molecule has 2 aromatic carbocycles. The molecule has 2 aromatic rings. The predicted octanol–water partition coefficient (Wildman–Crippen LogP) is 2.38. The Bertz CT molecular complexity index is 666. The second-order valence-electron chi connectivity index (χ2n) is 4.42. The van der Waals surface area contributed by atoms with Crippen LogP contribution in [0.15, 0.2) is 53.6 Å². The Balaban J connectivity index is 2.48. The van der Waals surface area contributed by atoms with Crippen LogP contribution < -0.4 is 5.43 Å². The van der Waals surface area contributed by atoms with E-state index in [1.54, 1.807) is 13.0 Å². The van der Waals surface area contributed by atoms with Crippen LogP contribution in [0, 0.1) is 0 Å². The maximum absolute atomic E-state index is 11.4. The normalized spacial score (nSPS) is 11.2. The van der Waals surface area contributed by atoms with Gasteiger partial charge in [0.25, 0.3) is 0 Å². The summed E-state index contributed by atoms with van der Waals surface area (Å²) in [4.78, 5) is 11.4. The van der Waals surface area contributed by atoms with Crippen molar-refractivity contribution < 1.29 is 15.0 Å². The molecule has 2 rings (SSSR count). The molecular weight excluding hydrogens is 268 g/mol. The molecule has 0 heterocycles. The van der Waals surface area contributed by atoms with Crippen molar-refractivity contribution in [1.82, 2.24) is 5.43 Å². The van der Waals surface area contributed by atoms with Gasteiger partial charge in [0.2, 0.25) is 5.91 Å². The number of carbonyl (C=O) groups excluding carboxylic acids is 1. The summed E-state index contributed by atoms with van der Waals surface area (Å²) in [5.74, 6) is -0.369. The summed E-state index contributed by atoms with van der Waals surface area (Å²) in [5, 5.41) is 23.5. The van der Waals surface area contributed by atoms with Crippen LogP contribution in [-0.2, 0) is 4.79 Å². The van der Waals surface area contributed by atoms with Gasteiger partial charge in [-0.25, -0.2) is 5.43 Å². The number of amides is 1. The zero-order valence-corrected chi connectivity index (χ0v) is 11.6. The van der Waals surface area contributed by atoms with Crippen LogP contribution in [0.1, 0.15) is 24.5 Å². The van der Waals surface area contributed by atoms with Gasteiger partial charge in [-0.2, -0.15) is 5.10 Å². The van der Waals surface area contributed by atoms with E-state index in [9.17, 15) is 15.0 Å². The Kier molecular flexibility index (Phi) is 4.56. The van der Waals surface area contributed by atoms with Crippen LogP contribution in [0.4, 0.5) is 0 Å². The second kappa shape index (κ2) is 6.56. The van der Waals surface area contributed by atoms with Crippen molar-refractivity contribution in [3.8, 4) is 11.5 Å². The molecule has 21 heavy (non-hydrogen) atoms. The SMILES string of the molecule is CCC(=O)NN=C(c1ccccc1)c1ccc(O)cc1O. The van der Waals surface area contributed by atoms with E-state index in [-0.39, 0.29) is 17.4 Å². The van der Waals surface area contributed by atoms with E-state index in [0.29, 0.717) is 17.7 Å². The van der Waals surface area contributed by atoms with Crippen molar-refractivity contribution in [3.05, 3.63) is 59.7 Å². The molecule has 0 radical (unpaired) electrons. The number of phenols is 2. The van der Waals surface area contributed by atoms with Gasteiger partial charge in [-0.15, -0.1) is 0 Å². The number of benzene rings is 2. The minimum absolute atomic E-state index is 0.0405. The van der Waals surface area contributed by atoms with Crippen molar-refractivity contribution in [2.24, 2.45) is 5.10 Å². The van der Waals surface area contributed by atoms with Gasteiger partial charge < -0.3 is 10.2 Å².